The van der Waals surface area contributed by atoms with Crippen LogP contribution < -0.4 is 0 Å². The monoisotopic (exact) mass is 233 g/mol. The third-order valence-electron chi connectivity index (χ3n) is 3.38. The van der Waals surface area contributed by atoms with Crippen molar-refractivity contribution in [1.82, 2.24) is 0 Å². The van der Waals surface area contributed by atoms with E-state index in [4.69, 9.17) is 14.2 Å². The van der Waals surface area contributed by atoms with Crippen molar-refractivity contribution in [2.75, 3.05) is 14.2 Å². The van der Waals surface area contributed by atoms with Crippen LogP contribution in [-0.2, 0) is 19.8 Å². The molecule has 0 bridgehead atoms. The normalized spacial score (nSPS) is 30.4. The van der Waals surface area contributed by atoms with Gasteiger partial charge in [0.25, 0.3) is 5.97 Å². The standard InChI is InChI=1S/C13H15NO3/c1-10-12(9-14,11-7-5-4-6-8-11)17-13(10,15-2)16-3/h4-8,10H,1-3H3. The SMILES string of the molecule is COC1(OC)OC(C#N)(c2ccccc2)C1C. The van der Waals surface area contributed by atoms with Crippen LogP contribution in [0.25, 0.3) is 0 Å². The summed E-state index contributed by atoms with van der Waals surface area (Å²) in [6.07, 6.45) is 0. The molecule has 2 rings (SSSR count). The predicted octanol–water partition coefficient (Wildman–Crippen LogP) is 2.02. The van der Waals surface area contributed by atoms with Gasteiger partial charge in [-0.15, -0.1) is 0 Å². The van der Waals surface area contributed by atoms with Crippen molar-refractivity contribution in [3.63, 3.8) is 0 Å². The first-order valence-corrected chi connectivity index (χ1v) is 5.42. The Hall–Kier alpha value is -1.41. The second-order valence-electron chi connectivity index (χ2n) is 4.05. The molecule has 1 aliphatic rings. The Morgan fingerprint density at radius 2 is 1.82 bits per heavy atom. The van der Waals surface area contributed by atoms with Gasteiger partial charge < -0.3 is 14.2 Å². The fraction of sp³-hybridized carbons (Fsp3) is 0.462. The number of rotatable bonds is 3. The molecule has 90 valence electrons. The molecule has 1 aliphatic heterocycles. The molecule has 1 saturated heterocycles. The van der Waals surface area contributed by atoms with Gasteiger partial charge in [0, 0.05) is 14.2 Å². The second kappa shape index (κ2) is 4.11. The molecule has 2 unspecified atom stereocenters. The summed E-state index contributed by atoms with van der Waals surface area (Å²) >= 11 is 0. The Morgan fingerprint density at radius 3 is 2.24 bits per heavy atom. The summed E-state index contributed by atoms with van der Waals surface area (Å²) in [4.78, 5) is 0. The smallest absolute Gasteiger partial charge is 0.291 e. The summed E-state index contributed by atoms with van der Waals surface area (Å²) in [6, 6.07) is 11.6. The van der Waals surface area contributed by atoms with Crippen LogP contribution in [-0.4, -0.2) is 20.2 Å². The maximum Gasteiger partial charge on any atom is 0.291 e. The summed E-state index contributed by atoms with van der Waals surface area (Å²) in [6.45, 7) is 1.88. The summed E-state index contributed by atoms with van der Waals surface area (Å²) in [5, 5.41) is 9.40. The Kier molecular flexibility index (Phi) is 2.92. The molecule has 1 heterocycles. The van der Waals surface area contributed by atoms with Crippen LogP contribution in [0, 0.1) is 17.2 Å². The fourth-order valence-corrected chi connectivity index (χ4v) is 2.29. The zero-order valence-electron chi connectivity index (χ0n) is 10.1. The highest BCUT2D eigenvalue weighted by molar-refractivity contribution is 5.33. The summed E-state index contributed by atoms with van der Waals surface area (Å²) in [5.41, 5.74) is -0.174. The first-order chi connectivity index (χ1) is 8.15. The zero-order valence-corrected chi connectivity index (χ0v) is 10.1. The van der Waals surface area contributed by atoms with Gasteiger partial charge in [0.05, 0.1) is 5.92 Å². The van der Waals surface area contributed by atoms with Crippen molar-refractivity contribution in [3.05, 3.63) is 35.9 Å². The van der Waals surface area contributed by atoms with Crippen molar-refractivity contribution in [1.29, 1.82) is 5.26 Å². The summed E-state index contributed by atoms with van der Waals surface area (Å²) in [7, 11) is 3.01. The molecule has 0 N–H and O–H groups in total. The zero-order chi connectivity index (χ0) is 12.5. The number of methoxy groups -OCH3 is 2. The van der Waals surface area contributed by atoms with E-state index >= 15 is 0 Å². The highest BCUT2D eigenvalue weighted by atomic mass is 16.9. The number of hydrogen-bond donors (Lipinski definition) is 0. The third-order valence-corrected chi connectivity index (χ3v) is 3.38. The molecule has 4 heteroatoms. The van der Waals surface area contributed by atoms with E-state index in [9.17, 15) is 5.26 Å². The molecule has 1 aromatic rings. The number of nitriles is 1. The van der Waals surface area contributed by atoms with Crippen molar-refractivity contribution in [2.24, 2.45) is 5.92 Å². The van der Waals surface area contributed by atoms with Gasteiger partial charge in [-0.1, -0.05) is 37.3 Å². The van der Waals surface area contributed by atoms with Gasteiger partial charge in [-0.25, -0.2) is 0 Å². The molecule has 1 aromatic carbocycles. The Balaban J connectivity index is 2.37. The van der Waals surface area contributed by atoms with Crippen LogP contribution >= 0.6 is 0 Å². The van der Waals surface area contributed by atoms with Gasteiger partial charge in [0.15, 0.2) is 5.60 Å². The van der Waals surface area contributed by atoms with E-state index in [1.807, 2.05) is 37.3 Å². The first-order valence-electron chi connectivity index (χ1n) is 5.42. The molecule has 2 atom stereocenters. The molecule has 0 aromatic heterocycles. The van der Waals surface area contributed by atoms with E-state index in [1.165, 1.54) is 14.2 Å². The second-order valence-corrected chi connectivity index (χ2v) is 4.05. The summed E-state index contributed by atoms with van der Waals surface area (Å²) in [5.74, 6) is -1.33. The average molecular weight is 233 g/mol. The lowest BCUT2D eigenvalue weighted by Crippen LogP contribution is -2.66. The van der Waals surface area contributed by atoms with Crippen LogP contribution in [0.2, 0.25) is 0 Å². The van der Waals surface area contributed by atoms with Crippen molar-refractivity contribution in [2.45, 2.75) is 18.5 Å². The number of hydrogen-bond acceptors (Lipinski definition) is 4. The molecule has 17 heavy (non-hydrogen) atoms. The molecular formula is C13H15NO3. The lowest BCUT2D eigenvalue weighted by molar-refractivity contribution is -0.502. The highest BCUT2D eigenvalue weighted by Crippen LogP contribution is 2.53. The average Bonchev–Trinajstić information content (AvgIpc) is 2.40. The maximum atomic E-state index is 9.40. The van der Waals surface area contributed by atoms with Gasteiger partial charge in [0.2, 0.25) is 0 Å². The van der Waals surface area contributed by atoms with E-state index in [1.54, 1.807) is 0 Å². The molecule has 0 radical (unpaired) electrons. The molecule has 0 amide bonds. The van der Waals surface area contributed by atoms with Crippen molar-refractivity contribution < 1.29 is 14.2 Å². The minimum Gasteiger partial charge on any atom is -0.330 e. The van der Waals surface area contributed by atoms with E-state index in [0.29, 0.717) is 0 Å². The van der Waals surface area contributed by atoms with Gasteiger partial charge in [-0.3, -0.25) is 0 Å². The number of ether oxygens (including phenoxy) is 3. The first kappa shape index (κ1) is 12.1. The number of benzene rings is 1. The fourth-order valence-electron chi connectivity index (χ4n) is 2.29. The van der Waals surface area contributed by atoms with Gasteiger partial charge in [-0.2, -0.15) is 5.26 Å². The van der Waals surface area contributed by atoms with Crippen LogP contribution in [0.15, 0.2) is 30.3 Å². The highest BCUT2D eigenvalue weighted by Gasteiger charge is 2.66. The molecule has 0 aliphatic carbocycles. The quantitative estimate of drug-likeness (QED) is 0.749. The topological polar surface area (TPSA) is 51.5 Å². The predicted molar refractivity (Wildman–Crippen MR) is 60.7 cm³/mol. The lowest BCUT2D eigenvalue weighted by Gasteiger charge is -2.55. The van der Waals surface area contributed by atoms with Crippen molar-refractivity contribution in [3.8, 4) is 6.07 Å². The number of nitrogens with zero attached hydrogens (tertiary/aromatic N) is 1. The van der Waals surface area contributed by atoms with Crippen LogP contribution in [0.5, 0.6) is 0 Å². The Labute approximate surface area is 101 Å². The van der Waals surface area contributed by atoms with E-state index in [-0.39, 0.29) is 5.92 Å². The molecule has 1 fully saturated rings. The molecule has 0 saturated carbocycles. The Bertz CT molecular complexity index is 436. The van der Waals surface area contributed by atoms with Gasteiger partial charge in [-0.05, 0) is 5.56 Å². The van der Waals surface area contributed by atoms with E-state index < -0.39 is 11.6 Å². The van der Waals surface area contributed by atoms with Gasteiger partial charge >= 0.3 is 0 Å². The van der Waals surface area contributed by atoms with Gasteiger partial charge in [0.1, 0.15) is 6.07 Å². The minimum atomic E-state index is -1.12. The Morgan fingerprint density at radius 1 is 1.24 bits per heavy atom. The summed E-state index contributed by atoms with van der Waals surface area (Å²) < 4.78 is 16.1. The van der Waals surface area contributed by atoms with Crippen LogP contribution in [0.3, 0.4) is 0 Å². The third kappa shape index (κ3) is 1.48. The van der Waals surface area contributed by atoms with E-state index in [0.717, 1.165) is 5.56 Å². The maximum absolute atomic E-state index is 9.40. The molecule has 4 nitrogen and oxygen atoms in total. The molecule has 0 spiro atoms. The molecular weight excluding hydrogens is 218 g/mol. The van der Waals surface area contributed by atoms with E-state index in [2.05, 4.69) is 6.07 Å². The van der Waals surface area contributed by atoms with Crippen molar-refractivity contribution >= 4 is 0 Å². The van der Waals surface area contributed by atoms with Crippen LogP contribution in [0.4, 0.5) is 0 Å². The van der Waals surface area contributed by atoms with Crippen LogP contribution in [0.1, 0.15) is 12.5 Å². The largest absolute Gasteiger partial charge is 0.330 e. The minimum absolute atomic E-state index is 0.211. The lowest BCUT2D eigenvalue weighted by atomic mass is 9.76.